The first-order valence-corrected chi connectivity index (χ1v) is 11.1. The van der Waals surface area contributed by atoms with E-state index < -0.39 is 10.0 Å². The second-order valence-corrected chi connectivity index (χ2v) is 9.79. The Hall–Kier alpha value is -1.70. The van der Waals surface area contributed by atoms with Crippen molar-refractivity contribution in [1.82, 2.24) is 4.31 Å². The normalized spacial score (nSPS) is 18.3. The van der Waals surface area contributed by atoms with Crippen LogP contribution in [-0.4, -0.2) is 31.7 Å². The van der Waals surface area contributed by atoms with E-state index in [0.717, 1.165) is 15.6 Å². The molecule has 1 aliphatic heterocycles. The Morgan fingerprint density at radius 1 is 1.19 bits per heavy atom. The van der Waals surface area contributed by atoms with Gasteiger partial charge in [-0.2, -0.15) is 4.31 Å². The van der Waals surface area contributed by atoms with Crippen LogP contribution in [-0.2, 0) is 14.8 Å². The van der Waals surface area contributed by atoms with Gasteiger partial charge in [0.15, 0.2) is 0 Å². The van der Waals surface area contributed by atoms with Crippen molar-refractivity contribution in [2.45, 2.75) is 31.6 Å². The summed E-state index contributed by atoms with van der Waals surface area (Å²) in [6.07, 6.45) is 1.35. The van der Waals surface area contributed by atoms with Crippen molar-refractivity contribution in [3.05, 3.63) is 58.1 Å². The van der Waals surface area contributed by atoms with Gasteiger partial charge in [0.05, 0.1) is 10.8 Å². The summed E-state index contributed by atoms with van der Waals surface area (Å²) in [4.78, 5) is 13.0. The number of hydrogen-bond acceptors (Lipinski definition) is 3. The van der Waals surface area contributed by atoms with E-state index in [1.54, 1.807) is 13.0 Å². The standard InChI is InChI=1S/C20H23BrN2O3S/c1-14-8-9-15(2)19(11-14)27(25,26)23-10-4-5-16(13-23)20(24)22-18-7-3-6-17(21)12-18/h3,6-9,11-12,16H,4-5,10,13H2,1-2H3,(H,22,24)/t16-/m1/s1. The van der Waals surface area contributed by atoms with E-state index in [0.29, 0.717) is 30.0 Å². The molecule has 3 rings (SSSR count). The van der Waals surface area contributed by atoms with Crippen LogP contribution in [0.15, 0.2) is 51.8 Å². The number of aryl methyl sites for hydroxylation is 2. The smallest absolute Gasteiger partial charge is 0.243 e. The van der Waals surface area contributed by atoms with E-state index in [2.05, 4.69) is 21.2 Å². The lowest BCUT2D eigenvalue weighted by atomic mass is 9.99. The fourth-order valence-corrected chi connectivity index (χ4v) is 5.54. The van der Waals surface area contributed by atoms with E-state index >= 15 is 0 Å². The first-order chi connectivity index (χ1) is 12.8. The lowest BCUT2D eigenvalue weighted by Crippen LogP contribution is -2.43. The first kappa shape index (κ1) is 20.0. The Morgan fingerprint density at radius 3 is 2.70 bits per heavy atom. The highest BCUT2D eigenvalue weighted by molar-refractivity contribution is 9.10. The zero-order valence-corrected chi connectivity index (χ0v) is 17.8. The Kier molecular flexibility index (Phi) is 6.03. The summed E-state index contributed by atoms with van der Waals surface area (Å²) in [5, 5.41) is 2.89. The maximum Gasteiger partial charge on any atom is 0.243 e. The van der Waals surface area contributed by atoms with Crippen LogP contribution in [0.2, 0.25) is 0 Å². The van der Waals surface area contributed by atoms with Crippen molar-refractivity contribution in [3.63, 3.8) is 0 Å². The summed E-state index contributed by atoms with van der Waals surface area (Å²) >= 11 is 3.38. The van der Waals surface area contributed by atoms with Crippen LogP contribution in [0, 0.1) is 19.8 Å². The third-order valence-electron chi connectivity index (χ3n) is 4.81. The molecule has 5 nitrogen and oxygen atoms in total. The van der Waals surface area contributed by atoms with Crippen LogP contribution < -0.4 is 5.32 Å². The Labute approximate surface area is 169 Å². The fourth-order valence-electron chi connectivity index (χ4n) is 3.31. The molecule has 1 saturated heterocycles. The number of benzene rings is 2. The number of anilines is 1. The molecule has 1 atom stereocenters. The number of sulfonamides is 1. The Morgan fingerprint density at radius 2 is 1.96 bits per heavy atom. The van der Waals surface area contributed by atoms with Crippen LogP contribution in [0.1, 0.15) is 24.0 Å². The molecular formula is C20H23BrN2O3S. The van der Waals surface area contributed by atoms with Gasteiger partial charge in [0.2, 0.25) is 15.9 Å². The van der Waals surface area contributed by atoms with Crippen molar-refractivity contribution < 1.29 is 13.2 Å². The highest BCUT2D eigenvalue weighted by atomic mass is 79.9. The molecule has 27 heavy (non-hydrogen) atoms. The molecule has 0 aliphatic carbocycles. The number of nitrogens with one attached hydrogen (secondary N) is 1. The second kappa shape index (κ2) is 8.12. The topological polar surface area (TPSA) is 66.5 Å². The lowest BCUT2D eigenvalue weighted by molar-refractivity contribution is -0.120. The molecule has 1 amide bonds. The molecule has 1 fully saturated rings. The van der Waals surface area contributed by atoms with Gasteiger partial charge >= 0.3 is 0 Å². The number of carbonyl (C=O) groups is 1. The van der Waals surface area contributed by atoms with Crippen molar-refractivity contribution in [2.75, 3.05) is 18.4 Å². The molecule has 2 aromatic rings. The van der Waals surface area contributed by atoms with E-state index in [1.165, 1.54) is 4.31 Å². The fraction of sp³-hybridized carbons (Fsp3) is 0.350. The quantitative estimate of drug-likeness (QED) is 0.761. The van der Waals surface area contributed by atoms with Gasteiger partial charge in [0, 0.05) is 23.2 Å². The van der Waals surface area contributed by atoms with Crippen LogP contribution >= 0.6 is 15.9 Å². The van der Waals surface area contributed by atoms with Gasteiger partial charge in [-0.05, 0) is 62.1 Å². The predicted molar refractivity (Wildman–Crippen MR) is 110 cm³/mol. The number of nitrogens with zero attached hydrogens (tertiary/aromatic N) is 1. The number of piperidine rings is 1. The van der Waals surface area contributed by atoms with Gasteiger partial charge in [-0.1, -0.05) is 34.1 Å². The number of amides is 1. The Balaban J connectivity index is 1.77. The SMILES string of the molecule is Cc1ccc(C)c(S(=O)(=O)N2CCC[C@@H](C(=O)Nc3cccc(Br)c3)C2)c1. The summed E-state index contributed by atoms with van der Waals surface area (Å²) in [5.41, 5.74) is 2.32. The average Bonchev–Trinajstić information content (AvgIpc) is 2.63. The molecule has 0 spiro atoms. The highest BCUT2D eigenvalue weighted by Crippen LogP contribution is 2.27. The molecule has 0 unspecified atom stereocenters. The largest absolute Gasteiger partial charge is 0.326 e. The van der Waals surface area contributed by atoms with E-state index in [-0.39, 0.29) is 18.4 Å². The zero-order valence-electron chi connectivity index (χ0n) is 15.4. The molecule has 1 aliphatic rings. The summed E-state index contributed by atoms with van der Waals surface area (Å²) in [7, 11) is -3.62. The molecule has 1 N–H and O–H groups in total. The molecule has 0 radical (unpaired) electrons. The van der Waals surface area contributed by atoms with Crippen LogP contribution in [0.4, 0.5) is 5.69 Å². The number of hydrogen-bond donors (Lipinski definition) is 1. The zero-order chi connectivity index (χ0) is 19.6. The molecule has 0 saturated carbocycles. The molecule has 0 aromatic heterocycles. The predicted octanol–water partition coefficient (Wildman–Crippen LogP) is 4.11. The first-order valence-electron chi connectivity index (χ1n) is 8.91. The highest BCUT2D eigenvalue weighted by Gasteiger charge is 2.34. The lowest BCUT2D eigenvalue weighted by Gasteiger charge is -2.31. The van der Waals surface area contributed by atoms with E-state index in [1.807, 2.05) is 43.3 Å². The van der Waals surface area contributed by atoms with Gasteiger partial charge in [-0.3, -0.25) is 4.79 Å². The number of rotatable bonds is 4. The summed E-state index contributed by atoms with van der Waals surface area (Å²) in [5.74, 6) is -0.508. The molecule has 0 bridgehead atoms. The summed E-state index contributed by atoms with van der Waals surface area (Å²) in [6.45, 7) is 4.32. The minimum atomic E-state index is -3.62. The molecular weight excluding hydrogens is 428 g/mol. The van der Waals surface area contributed by atoms with E-state index in [4.69, 9.17) is 0 Å². The average molecular weight is 451 g/mol. The minimum absolute atomic E-state index is 0.144. The van der Waals surface area contributed by atoms with Crippen molar-refractivity contribution in [2.24, 2.45) is 5.92 Å². The third kappa shape index (κ3) is 4.59. The molecule has 2 aromatic carbocycles. The summed E-state index contributed by atoms with van der Waals surface area (Å²) < 4.78 is 28.6. The van der Waals surface area contributed by atoms with Crippen molar-refractivity contribution >= 4 is 37.5 Å². The number of halogens is 1. The van der Waals surface area contributed by atoms with Crippen LogP contribution in [0.25, 0.3) is 0 Å². The van der Waals surface area contributed by atoms with Crippen LogP contribution in [0.5, 0.6) is 0 Å². The van der Waals surface area contributed by atoms with Crippen molar-refractivity contribution in [1.29, 1.82) is 0 Å². The second-order valence-electron chi connectivity index (χ2n) is 6.97. The monoisotopic (exact) mass is 450 g/mol. The number of carbonyl (C=O) groups excluding carboxylic acids is 1. The van der Waals surface area contributed by atoms with Gasteiger partial charge in [-0.25, -0.2) is 8.42 Å². The van der Waals surface area contributed by atoms with E-state index in [9.17, 15) is 13.2 Å². The molecule has 144 valence electrons. The van der Waals surface area contributed by atoms with Gasteiger partial charge in [0.25, 0.3) is 0 Å². The Bertz CT molecular complexity index is 959. The van der Waals surface area contributed by atoms with Crippen molar-refractivity contribution in [3.8, 4) is 0 Å². The van der Waals surface area contributed by atoms with Gasteiger partial charge in [0.1, 0.15) is 0 Å². The summed E-state index contributed by atoms with van der Waals surface area (Å²) in [6, 6.07) is 12.8. The maximum absolute atomic E-state index is 13.1. The van der Waals surface area contributed by atoms with Gasteiger partial charge < -0.3 is 5.32 Å². The van der Waals surface area contributed by atoms with Gasteiger partial charge in [-0.15, -0.1) is 0 Å². The minimum Gasteiger partial charge on any atom is -0.326 e. The third-order valence-corrected chi connectivity index (χ3v) is 7.31. The van der Waals surface area contributed by atoms with Crippen LogP contribution in [0.3, 0.4) is 0 Å². The maximum atomic E-state index is 13.1. The molecule has 7 heteroatoms. The molecule has 1 heterocycles.